The lowest BCUT2D eigenvalue weighted by Crippen LogP contribution is -2.28. The van der Waals surface area contributed by atoms with Gasteiger partial charge in [-0.15, -0.1) is 0 Å². The van der Waals surface area contributed by atoms with Crippen LogP contribution in [0.25, 0.3) is 0 Å². The molecule has 0 saturated heterocycles. The molecule has 0 spiro atoms. The van der Waals surface area contributed by atoms with E-state index >= 15 is 0 Å². The number of nitro groups is 1. The molecule has 6 nitrogen and oxygen atoms in total. The van der Waals surface area contributed by atoms with Crippen LogP contribution in [0.1, 0.15) is 19.3 Å². The summed E-state index contributed by atoms with van der Waals surface area (Å²) < 4.78 is 0. The number of amides is 1. The zero-order chi connectivity index (χ0) is 13.1. The second-order valence-corrected chi connectivity index (χ2v) is 4.56. The molecule has 1 amide bonds. The summed E-state index contributed by atoms with van der Waals surface area (Å²) in [5, 5.41) is 13.2. The Morgan fingerprint density at radius 3 is 2.89 bits per heavy atom. The van der Waals surface area contributed by atoms with Crippen molar-refractivity contribution in [1.82, 2.24) is 0 Å². The van der Waals surface area contributed by atoms with Crippen LogP contribution in [0.5, 0.6) is 0 Å². The maximum absolute atomic E-state index is 11.7. The number of anilines is 1. The van der Waals surface area contributed by atoms with Crippen LogP contribution in [0.2, 0.25) is 0 Å². The van der Waals surface area contributed by atoms with Crippen LogP contribution >= 0.6 is 0 Å². The SMILES string of the molecule is NC(CC(=O)Nc1cccc([N+](=O)[O-])c1)C1CC1. The Hall–Kier alpha value is -1.95. The molecule has 2 rings (SSSR count). The average molecular weight is 249 g/mol. The molecule has 0 aromatic heterocycles. The smallest absolute Gasteiger partial charge is 0.271 e. The molecule has 1 saturated carbocycles. The Labute approximate surface area is 104 Å². The lowest BCUT2D eigenvalue weighted by atomic mass is 10.1. The van der Waals surface area contributed by atoms with Crippen molar-refractivity contribution < 1.29 is 9.72 Å². The Bertz CT molecular complexity index is 471. The first-order valence-corrected chi connectivity index (χ1v) is 5.86. The number of nitro benzene ring substituents is 1. The van der Waals surface area contributed by atoms with E-state index in [0.717, 1.165) is 12.8 Å². The maximum atomic E-state index is 11.7. The van der Waals surface area contributed by atoms with Crippen LogP contribution in [0, 0.1) is 16.0 Å². The number of nitrogens with zero attached hydrogens (tertiary/aromatic N) is 1. The molecule has 3 N–H and O–H groups in total. The van der Waals surface area contributed by atoms with E-state index in [1.165, 1.54) is 18.2 Å². The van der Waals surface area contributed by atoms with Crippen molar-refractivity contribution in [3.63, 3.8) is 0 Å². The van der Waals surface area contributed by atoms with E-state index in [0.29, 0.717) is 11.6 Å². The number of nitrogens with one attached hydrogen (secondary N) is 1. The van der Waals surface area contributed by atoms with Gasteiger partial charge in [-0.1, -0.05) is 6.07 Å². The number of non-ortho nitro benzene ring substituents is 1. The summed E-state index contributed by atoms with van der Waals surface area (Å²) in [5.41, 5.74) is 6.23. The lowest BCUT2D eigenvalue weighted by molar-refractivity contribution is -0.384. The molecule has 1 aromatic rings. The maximum Gasteiger partial charge on any atom is 0.271 e. The molecule has 0 heterocycles. The fourth-order valence-corrected chi connectivity index (χ4v) is 1.81. The van der Waals surface area contributed by atoms with Crippen LogP contribution in [-0.2, 0) is 4.79 Å². The normalized spacial score (nSPS) is 16.1. The Balaban J connectivity index is 1.93. The topological polar surface area (TPSA) is 98.3 Å². The van der Waals surface area contributed by atoms with Crippen molar-refractivity contribution in [2.75, 3.05) is 5.32 Å². The molecular weight excluding hydrogens is 234 g/mol. The lowest BCUT2D eigenvalue weighted by Gasteiger charge is -2.10. The average Bonchev–Trinajstić information content (AvgIpc) is 3.12. The van der Waals surface area contributed by atoms with Gasteiger partial charge in [-0.3, -0.25) is 14.9 Å². The summed E-state index contributed by atoms with van der Waals surface area (Å²) in [5.74, 6) is 0.260. The minimum absolute atomic E-state index is 0.0423. The van der Waals surface area contributed by atoms with Crippen molar-refractivity contribution in [3.05, 3.63) is 34.4 Å². The van der Waals surface area contributed by atoms with Gasteiger partial charge >= 0.3 is 0 Å². The quantitative estimate of drug-likeness (QED) is 0.612. The predicted molar refractivity (Wildman–Crippen MR) is 67.0 cm³/mol. The van der Waals surface area contributed by atoms with Gasteiger partial charge in [0, 0.05) is 30.3 Å². The molecule has 1 unspecified atom stereocenters. The third-order valence-electron chi connectivity index (χ3n) is 2.99. The number of carbonyl (C=O) groups is 1. The Morgan fingerprint density at radius 2 is 2.28 bits per heavy atom. The summed E-state index contributed by atoms with van der Waals surface area (Å²) in [6, 6.07) is 5.76. The van der Waals surface area contributed by atoms with Crippen molar-refractivity contribution in [1.29, 1.82) is 0 Å². The van der Waals surface area contributed by atoms with Gasteiger partial charge in [0.1, 0.15) is 0 Å². The largest absolute Gasteiger partial charge is 0.327 e. The number of nitrogens with two attached hydrogens (primary N) is 1. The summed E-state index contributed by atoms with van der Waals surface area (Å²) in [4.78, 5) is 21.8. The number of carbonyl (C=O) groups excluding carboxylic acids is 1. The van der Waals surface area contributed by atoms with Gasteiger partial charge in [-0.2, -0.15) is 0 Å². The van der Waals surface area contributed by atoms with Gasteiger partial charge in [-0.05, 0) is 24.8 Å². The van der Waals surface area contributed by atoms with E-state index < -0.39 is 4.92 Å². The van der Waals surface area contributed by atoms with Crippen LogP contribution < -0.4 is 11.1 Å². The molecule has 1 aliphatic carbocycles. The van der Waals surface area contributed by atoms with Gasteiger partial charge < -0.3 is 11.1 Å². The van der Waals surface area contributed by atoms with Crippen LogP contribution in [0.15, 0.2) is 24.3 Å². The minimum atomic E-state index is -0.494. The third kappa shape index (κ3) is 3.27. The number of benzene rings is 1. The summed E-state index contributed by atoms with van der Waals surface area (Å²) in [6.45, 7) is 0. The van der Waals surface area contributed by atoms with Crippen molar-refractivity contribution in [2.45, 2.75) is 25.3 Å². The van der Waals surface area contributed by atoms with Gasteiger partial charge in [0.15, 0.2) is 0 Å². The van der Waals surface area contributed by atoms with E-state index in [9.17, 15) is 14.9 Å². The van der Waals surface area contributed by atoms with Gasteiger partial charge in [0.2, 0.25) is 5.91 Å². The van der Waals surface area contributed by atoms with Gasteiger partial charge in [0.05, 0.1) is 4.92 Å². The second-order valence-electron chi connectivity index (χ2n) is 4.56. The molecule has 1 fully saturated rings. The first-order chi connectivity index (χ1) is 8.56. The highest BCUT2D eigenvalue weighted by Crippen LogP contribution is 2.32. The van der Waals surface area contributed by atoms with Crippen LogP contribution in [0.4, 0.5) is 11.4 Å². The van der Waals surface area contributed by atoms with Crippen molar-refractivity contribution >= 4 is 17.3 Å². The van der Waals surface area contributed by atoms with E-state index in [-0.39, 0.29) is 24.1 Å². The minimum Gasteiger partial charge on any atom is -0.327 e. The van der Waals surface area contributed by atoms with Gasteiger partial charge in [0.25, 0.3) is 5.69 Å². The second kappa shape index (κ2) is 5.14. The molecule has 0 aliphatic heterocycles. The Morgan fingerprint density at radius 1 is 1.56 bits per heavy atom. The van der Waals surface area contributed by atoms with E-state index in [1.807, 2.05) is 0 Å². The molecule has 18 heavy (non-hydrogen) atoms. The van der Waals surface area contributed by atoms with Crippen molar-refractivity contribution in [3.8, 4) is 0 Å². The van der Waals surface area contributed by atoms with Crippen LogP contribution in [0.3, 0.4) is 0 Å². The summed E-state index contributed by atoms with van der Waals surface area (Å²) in [6.07, 6.45) is 2.43. The fraction of sp³-hybridized carbons (Fsp3) is 0.417. The standard InChI is InChI=1S/C12H15N3O3/c13-11(8-4-5-8)7-12(16)14-9-2-1-3-10(6-9)15(17)18/h1-3,6,8,11H,4-5,7,13H2,(H,14,16). The molecule has 1 atom stereocenters. The first kappa shape index (κ1) is 12.5. The highest BCUT2D eigenvalue weighted by atomic mass is 16.6. The van der Waals surface area contributed by atoms with Crippen molar-refractivity contribution in [2.24, 2.45) is 11.7 Å². The van der Waals surface area contributed by atoms with Crippen LogP contribution in [-0.4, -0.2) is 16.9 Å². The van der Waals surface area contributed by atoms with E-state index in [2.05, 4.69) is 5.32 Å². The van der Waals surface area contributed by atoms with E-state index in [1.54, 1.807) is 6.07 Å². The highest BCUT2D eigenvalue weighted by molar-refractivity contribution is 5.91. The summed E-state index contributed by atoms with van der Waals surface area (Å²) >= 11 is 0. The fourth-order valence-electron chi connectivity index (χ4n) is 1.81. The monoisotopic (exact) mass is 249 g/mol. The Kier molecular flexibility index (Phi) is 3.57. The molecule has 1 aromatic carbocycles. The number of rotatable bonds is 5. The number of hydrogen-bond acceptors (Lipinski definition) is 4. The molecule has 96 valence electrons. The first-order valence-electron chi connectivity index (χ1n) is 5.86. The summed E-state index contributed by atoms with van der Waals surface area (Å²) in [7, 11) is 0. The molecule has 1 aliphatic rings. The van der Waals surface area contributed by atoms with Gasteiger partial charge in [-0.25, -0.2) is 0 Å². The molecule has 6 heteroatoms. The molecular formula is C12H15N3O3. The third-order valence-corrected chi connectivity index (χ3v) is 2.99. The zero-order valence-corrected chi connectivity index (χ0v) is 9.83. The highest BCUT2D eigenvalue weighted by Gasteiger charge is 2.29. The molecule has 0 bridgehead atoms. The number of hydrogen-bond donors (Lipinski definition) is 2. The predicted octanol–water partition coefficient (Wildman–Crippen LogP) is 1.66. The molecule has 0 radical (unpaired) electrons. The zero-order valence-electron chi connectivity index (χ0n) is 9.83. The van der Waals surface area contributed by atoms with E-state index in [4.69, 9.17) is 5.73 Å².